The number of nitrogens with zero attached hydrogens (tertiary/aromatic N) is 1. The maximum absolute atomic E-state index is 11.8. The Balaban J connectivity index is 2.44. The second-order valence-electron chi connectivity index (χ2n) is 8.29. The Labute approximate surface area is 142 Å². The summed E-state index contributed by atoms with van der Waals surface area (Å²) in [6.45, 7) is 16.1. The van der Waals surface area contributed by atoms with Gasteiger partial charge in [0.05, 0.1) is 0 Å². The summed E-state index contributed by atoms with van der Waals surface area (Å²) in [4.78, 5) is 11.8. The number of nitrogens with one attached hydrogen (secondary N) is 2. The van der Waals surface area contributed by atoms with E-state index < -0.39 is 5.60 Å². The van der Waals surface area contributed by atoms with E-state index in [1.165, 1.54) is 19.3 Å². The molecule has 0 aromatic carbocycles. The number of rotatable bonds is 6. The highest BCUT2D eigenvalue weighted by atomic mass is 16.6. The molecule has 136 valence electrons. The number of amides is 1. The molecule has 1 heterocycles. The standard InChI is InChI=1S/C18H37N3O2/c1-13(2)16(11-19-17(22)23-18(5,6)7)12-20-21-14(3)9-8-10-15(21)4/h13-16,20H,8-12H2,1-7H3,(H,19,22). The first-order chi connectivity index (χ1) is 10.6. The lowest BCUT2D eigenvalue weighted by molar-refractivity contribution is 0.0350. The average molecular weight is 328 g/mol. The first kappa shape index (κ1) is 20.2. The number of piperidine rings is 1. The van der Waals surface area contributed by atoms with Crippen molar-refractivity contribution in [2.75, 3.05) is 13.1 Å². The molecule has 1 aliphatic heterocycles. The summed E-state index contributed by atoms with van der Waals surface area (Å²) in [6, 6.07) is 1.15. The molecule has 1 amide bonds. The molecular weight excluding hydrogens is 290 g/mol. The Morgan fingerprint density at radius 2 is 1.74 bits per heavy atom. The highest BCUT2D eigenvalue weighted by Gasteiger charge is 2.26. The van der Waals surface area contributed by atoms with Crippen LogP contribution in [0.2, 0.25) is 0 Å². The van der Waals surface area contributed by atoms with Gasteiger partial charge in [-0.15, -0.1) is 0 Å². The van der Waals surface area contributed by atoms with Crippen LogP contribution in [0.25, 0.3) is 0 Å². The van der Waals surface area contributed by atoms with E-state index in [4.69, 9.17) is 4.74 Å². The van der Waals surface area contributed by atoms with Gasteiger partial charge in [0.15, 0.2) is 0 Å². The molecular formula is C18H37N3O2. The van der Waals surface area contributed by atoms with Crippen molar-refractivity contribution in [3.8, 4) is 0 Å². The van der Waals surface area contributed by atoms with Crippen LogP contribution in [0.1, 0.15) is 67.7 Å². The topological polar surface area (TPSA) is 53.6 Å². The fraction of sp³-hybridized carbons (Fsp3) is 0.944. The molecule has 0 aliphatic carbocycles. The van der Waals surface area contributed by atoms with E-state index >= 15 is 0 Å². The number of alkyl carbamates (subject to hydrolysis) is 1. The van der Waals surface area contributed by atoms with Crippen molar-refractivity contribution in [3.63, 3.8) is 0 Å². The predicted octanol–water partition coefficient (Wildman–Crippen LogP) is 3.55. The molecule has 1 saturated heterocycles. The van der Waals surface area contributed by atoms with Crippen LogP contribution < -0.4 is 10.7 Å². The lowest BCUT2D eigenvalue weighted by atomic mass is 9.95. The summed E-state index contributed by atoms with van der Waals surface area (Å²) in [5, 5.41) is 5.31. The lowest BCUT2D eigenvalue weighted by Crippen LogP contribution is -2.54. The van der Waals surface area contributed by atoms with Crippen molar-refractivity contribution in [2.45, 2.75) is 85.4 Å². The molecule has 0 aromatic heterocycles. The highest BCUT2D eigenvalue weighted by molar-refractivity contribution is 5.67. The molecule has 0 radical (unpaired) electrons. The molecule has 1 fully saturated rings. The number of carbonyl (C=O) groups is 1. The van der Waals surface area contributed by atoms with E-state index in [0.717, 1.165) is 6.54 Å². The van der Waals surface area contributed by atoms with Crippen LogP contribution in [0.4, 0.5) is 4.79 Å². The predicted molar refractivity (Wildman–Crippen MR) is 95.2 cm³/mol. The minimum absolute atomic E-state index is 0.331. The van der Waals surface area contributed by atoms with Gasteiger partial charge in [-0.3, -0.25) is 5.43 Å². The Hall–Kier alpha value is -0.810. The zero-order valence-electron chi connectivity index (χ0n) is 16.1. The second-order valence-corrected chi connectivity index (χ2v) is 8.29. The maximum atomic E-state index is 11.8. The summed E-state index contributed by atoms with van der Waals surface area (Å²) in [5.74, 6) is 0.872. The molecule has 2 N–H and O–H groups in total. The first-order valence-electron chi connectivity index (χ1n) is 9.09. The zero-order chi connectivity index (χ0) is 17.6. The van der Waals surface area contributed by atoms with E-state index in [0.29, 0.717) is 30.5 Å². The Morgan fingerprint density at radius 3 is 2.22 bits per heavy atom. The molecule has 23 heavy (non-hydrogen) atoms. The van der Waals surface area contributed by atoms with Crippen LogP contribution in [0, 0.1) is 11.8 Å². The van der Waals surface area contributed by atoms with Crippen molar-refractivity contribution >= 4 is 6.09 Å². The van der Waals surface area contributed by atoms with Gasteiger partial charge in [0, 0.05) is 25.2 Å². The zero-order valence-corrected chi connectivity index (χ0v) is 16.1. The van der Waals surface area contributed by atoms with Gasteiger partial charge >= 0.3 is 6.09 Å². The Morgan fingerprint density at radius 1 is 1.17 bits per heavy atom. The van der Waals surface area contributed by atoms with E-state index in [1.54, 1.807) is 0 Å². The van der Waals surface area contributed by atoms with Gasteiger partial charge in [0.25, 0.3) is 0 Å². The van der Waals surface area contributed by atoms with E-state index in [-0.39, 0.29) is 6.09 Å². The molecule has 1 rings (SSSR count). The Bertz CT molecular complexity index is 356. The number of hydrogen-bond acceptors (Lipinski definition) is 4. The minimum Gasteiger partial charge on any atom is -0.444 e. The van der Waals surface area contributed by atoms with Crippen LogP contribution in [-0.4, -0.2) is 41.9 Å². The van der Waals surface area contributed by atoms with E-state index in [1.807, 2.05) is 20.8 Å². The summed E-state index contributed by atoms with van der Waals surface area (Å²) in [5.41, 5.74) is 3.17. The van der Waals surface area contributed by atoms with Crippen molar-refractivity contribution in [3.05, 3.63) is 0 Å². The van der Waals surface area contributed by atoms with E-state index in [9.17, 15) is 4.79 Å². The summed E-state index contributed by atoms with van der Waals surface area (Å²) in [6.07, 6.45) is 3.48. The molecule has 5 heteroatoms. The van der Waals surface area contributed by atoms with Gasteiger partial charge in [-0.05, 0) is 59.3 Å². The molecule has 0 saturated carbocycles. The SMILES string of the molecule is CC(C)C(CNC(=O)OC(C)(C)C)CNN1C(C)CCCC1C. The highest BCUT2D eigenvalue weighted by Crippen LogP contribution is 2.21. The fourth-order valence-electron chi connectivity index (χ4n) is 3.03. The Kier molecular flexibility index (Phi) is 7.81. The number of ether oxygens (including phenoxy) is 1. The van der Waals surface area contributed by atoms with Crippen LogP contribution in [0.15, 0.2) is 0 Å². The molecule has 3 unspecified atom stereocenters. The lowest BCUT2D eigenvalue weighted by Gasteiger charge is -2.40. The van der Waals surface area contributed by atoms with Crippen LogP contribution in [-0.2, 0) is 4.74 Å². The third-order valence-corrected chi connectivity index (χ3v) is 4.58. The summed E-state index contributed by atoms with van der Waals surface area (Å²) >= 11 is 0. The van der Waals surface area contributed by atoms with Crippen molar-refractivity contribution in [1.82, 2.24) is 15.8 Å². The summed E-state index contributed by atoms with van der Waals surface area (Å²) in [7, 11) is 0. The van der Waals surface area contributed by atoms with Crippen molar-refractivity contribution in [1.29, 1.82) is 0 Å². The largest absolute Gasteiger partial charge is 0.444 e. The number of hydrogen-bond donors (Lipinski definition) is 2. The van der Waals surface area contributed by atoms with Gasteiger partial charge in [-0.25, -0.2) is 9.80 Å². The minimum atomic E-state index is -0.450. The van der Waals surface area contributed by atoms with Crippen LogP contribution in [0.3, 0.4) is 0 Å². The summed E-state index contributed by atoms with van der Waals surface area (Å²) < 4.78 is 5.32. The van der Waals surface area contributed by atoms with Gasteiger partial charge in [-0.1, -0.05) is 20.3 Å². The smallest absolute Gasteiger partial charge is 0.407 e. The fourth-order valence-corrected chi connectivity index (χ4v) is 3.03. The normalized spacial score (nSPS) is 24.5. The quantitative estimate of drug-likeness (QED) is 0.783. The van der Waals surface area contributed by atoms with Crippen molar-refractivity contribution in [2.24, 2.45) is 11.8 Å². The second kappa shape index (κ2) is 8.88. The monoisotopic (exact) mass is 327 g/mol. The van der Waals surface area contributed by atoms with Crippen LogP contribution in [0.5, 0.6) is 0 Å². The number of hydrazine groups is 1. The van der Waals surface area contributed by atoms with Crippen LogP contribution >= 0.6 is 0 Å². The van der Waals surface area contributed by atoms with Gasteiger partial charge in [0.2, 0.25) is 0 Å². The third-order valence-electron chi connectivity index (χ3n) is 4.58. The first-order valence-corrected chi connectivity index (χ1v) is 9.09. The third kappa shape index (κ3) is 7.53. The van der Waals surface area contributed by atoms with Gasteiger partial charge in [0.1, 0.15) is 5.60 Å². The number of carbonyl (C=O) groups excluding carboxylic acids is 1. The molecule has 5 nitrogen and oxygen atoms in total. The van der Waals surface area contributed by atoms with Gasteiger partial charge in [-0.2, -0.15) is 0 Å². The van der Waals surface area contributed by atoms with Crippen molar-refractivity contribution < 1.29 is 9.53 Å². The average Bonchev–Trinajstić information content (AvgIpc) is 2.38. The molecule has 0 spiro atoms. The molecule has 1 aliphatic rings. The molecule has 0 aromatic rings. The maximum Gasteiger partial charge on any atom is 0.407 e. The van der Waals surface area contributed by atoms with E-state index in [2.05, 4.69) is 43.4 Å². The van der Waals surface area contributed by atoms with Gasteiger partial charge < -0.3 is 10.1 Å². The molecule has 3 atom stereocenters. The molecule has 0 bridgehead atoms.